The fourth-order valence-electron chi connectivity index (χ4n) is 2.74. The van der Waals surface area contributed by atoms with Gasteiger partial charge >= 0.3 is 6.18 Å². The second-order valence-electron chi connectivity index (χ2n) is 6.55. The average molecular weight is 469 g/mol. The van der Waals surface area contributed by atoms with Crippen molar-refractivity contribution >= 4 is 34.1 Å². The van der Waals surface area contributed by atoms with Gasteiger partial charge in [-0.3, -0.25) is 4.79 Å². The van der Waals surface area contributed by atoms with Crippen molar-refractivity contribution in [1.82, 2.24) is 19.7 Å². The molecule has 0 bridgehead atoms. The highest BCUT2D eigenvalue weighted by atomic mass is 35.5. The molecular formula is C20H16ClF3N4O2S. The summed E-state index contributed by atoms with van der Waals surface area (Å²) in [6.45, 7) is 3.91. The van der Waals surface area contributed by atoms with Crippen LogP contribution in [0.3, 0.4) is 0 Å². The van der Waals surface area contributed by atoms with E-state index in [1.165, 1.54) is 41.5 Å². The molecule has 0 fully saturated rings. The van der Waals surface area contributed by atoms with Gasteiger partial charge in [0.25, 0.3) is 0 Å². The zero-order valence-electron chi connectivity index (χ0n) is 16.2. The number of carbonyl (C=O) groups is 1. The Morgan fingerprint density at radius 1 is 1.23 bits per heavy atom. The molecule has 2 aromatic heterocycles. The largest absolute Gasteiger partial charge is 0.612 e. The molecule has 0 radical (unpaired) electrons. The molecule has 11 heteroatoms. The van der Waals surface area contributed by atoms with Crippen LogP contribution in [0.15, 0.2) is 54.3 Å². The Morgan fingerprint density at radius 3 is 2.58 bits per heavy atom. The van der Waals surface area contributed by atoms with Gasteiger partial charge in [0.2, 0.25) is 0 Å². The molecule has 162 valence electrons. The summed E-state index contributed by atoms with van der Waals surface area (Å²) in [5, 5.41) is 4.30. The minimum atomic E-state index is -4.49. The molecule has 0 saturated heterocycles. The quantitative estimate of drug-likeness (QED) is 0.369. The lowest BCUT2D eigenvalue weighted by Crippen LogP contribution is -2.09. The maximum atomic E-state index is 12.7. The van der Waals surface area contributed by atoms with Gasteiger partial charge in [-0.05, 0) is 41.4 Å². The lowest BCUT2D eigenvalue weighted by molar-refractivity contribution is -0.137. The van der Waals surface area contributed by atoms with Crippen molar-refractivity contribution in [3.8, 4) is 5.82 Å². The van der Waals surface area contributed by atoms with Crippen molar-refractivity contribution in [3.63, 3.8) is 0 Å². The number of allylic oxidation sites excluding steroid dienone is 1. The number of benzene rings is 1. The summed E-state index contributed by atoms with van der Waals surface area (Å²) in [5.74, 6) is 0.188. The number of hydrogen-bond acceptors (Lipinski definition) is 5. The molecule has 0 aliphatic heterocycles. The van der Waals surface area contributed by atoms with Gasteiger partial charge in [0.15, 0.2) is 22.3 Å². The average Bonchev–Trinajstić information content (AvgIpc) is 3.20. The Bertz CT molecular complexity index is 1110. The van der Waals surface area contributed by atoms with Crippen molar-refractivity contribution in [2.75, 3.05) is 6.26 Å². The van der Waals surface area contributed by atoms with Crippen molar-refractivity contribution in [3.05, 3.63) is 71.4 Å². The van der Waals surface area contributed by atoms with Crippen LogP contribution in [0, 0.1) is 0 Å². The number of alkyl halides is 3. The number of ketones is 1. The van der Waals surface area contributed by atoms with E-state index in [9.17, 15) is 22.5 Å². The molecule has 31 heavy (non-hydrogen) atoms. The third-order valence-electron chi connectivity index (χ3n) is 4.34. The van der Waals surface area contributed by atoms with Crippen LogP contribution in [0.25, 0.3) is 11.4 Å². The van der Waals surface area contributed by atoms with E-state index in [0.717, 1.165) is 6.07 Å². The Kier molecular flexibility index (Phi) is 6.83. The summed E-state index contributed by atoms with van der Waals surface area (Å²) in [6, 6.07) is 6.64. The van der Waals surface area contributed by atoms with E-state index in [4.69, 9.17) is 11.6 Å². The SMILES string of the molecule is C=C(CCC(=O)c1cc(Cl)cc([S+](C)[O-])c1)c1ncnn1-c1ccc(C(F)(F)F)cn1. The predicted octanol–water partition coefficient (Wildman–Crippen LogP) is 4.75. The minimum Gasteiger partial charge on any atom is -0.612 e. The van der Waals surface area contributed by atoms with Crippen LogP contribution in [-0.4, -0.2) is 36.3 Å². The van der Waals surface area contributed by atoms with Crippen molar-refractivity contribution < 1.29 is 22.5 Å². The van der Waals surface area contributed by atoms with Crippen LogP contribution in [0.2, 0.25) is 5.02 Å². The smallest absolute Gasteiger partial charge is 0.417 e. The molecule has 0 aliphatic rings. The molecule has 0 saturated carbocycles. The summed E-state index contributed by atoms with van der Waals surface area (Å²) in [5.41, 5.74) is -0.0959. The first-order valence-corrected chi connectivity index (χ1v) is 10.8. The number of carbonyl (C=O) groups excluding carboxylic acids is 1. The van der Waals surface area contributed by atoms with Crippen molar-refractivity contribution in [1.29, 1.82) is 0 Å². The number of rotatable bonds is 7. The maximum Gasteiger partial charge on any atom is 0.417 e. The van der Waals surface area contributed by atoms with Gasteiger partial charge in [-0.15, -0.1) is 0 Å². The third kappa shape index (κ3) is 5.52. The van der Waals surface area contributed by atoms with Gasteiger partial charge in [0.05, 0.1) is 5.56 Å². The second-order valence-corrected chi connectivity index (χ2v) is 8.37. The van der Waals surface area contributed by atoms with Gasteiger partial charge < -0.3 is 4.55 Å². The van der Waals surface area contributed by atoms with Crippen LogP contribution >= 0.6 is 11.6 Å². The van der Waals surface area contributed by atoms with E-state index in [-0.39, 0.29) is 30.3 Å². The standard InChI is InChI=1S/C20H16ClF3N4O2S/c1-12(3-5-17(29)13-7-15(21)9-16(8-13)31(2)30)19-26-11-27-28(19)18-6-4-14(10-25-18)20(22,23)24/h4,6-11H,1,3,5H2,2H3. The van der Waals surface area contributed by atoms with E-state index in [2.05, 4.69) is 21.6 Å². The molecule has 0 amide bonds. The lowest BCUT2D eigenvalue weighted by atomic mass is 10.0. The van der Waals surface area contributed by atoms with Gasteiger partial charge in [-0.25, -0.2) is 9.97 Å². The van der Waals surface area contributed by atoms with Crippen LogP contribution in [0.1, 0.15) is 34.6 Å². The molecule has 0 spiro atoms. The fourth-order valence-corrected chi connectivity index (χ4v) is 3.63. The molecular weight excluding hydrogens is 453 g/mol. The van der Waals surface area contributed by atoms with Gasteiger partial charge in [-0.1, -0.05) is 18.2 Å². The first-order valence-electron chi connectivity index (χ1n) is 8.85. The third-order valence-corrected chi connectivity index (χ3v) is 5.45. The molecule has 1 atom stereocenters. The van der Waals surface area contributed by atoms with E-state index in [1.807, 2.05) is 0 Å². The van der Waals surface area contributed by atoms with Crippen LogP contribution in [-0.2, 0) is 17.4 Å². The van der Waals surface area contributed by atoms with E-state index >= 15 is 0 Å². The number of aromatic nitrogens is 4. The Balaban J connectivity index is 1.73. The summed E-state index contributed by atoms with van der Waals surface area (Å²) in [7, 11) is 0. The van der Waals surface area contributed by atoms with Crippen LogP contribution < -0.4 is 0 Å². The summed E-state index contributed by atoms with van der Waals surface area (Å²) in [4.78, 5) is 20.9. The van der Waals surface area contributed by atoms with Crippen LogP contribution in [0.5, 0.6) is 0 Å². The van der Waals surface area contributed by atoms with Gasteiger partial charge in [-0.2, -0.15) is 23.0 Å². The molecule has 3 rings (SSSR count). The van der Waals surface area contributed by atoms with Crippen molar-refractivity contribution in [2.24, 2.45) is 0 Å². The zero-order valence-corrected chi connectivity index (χ0v) is 17.8. The van der Waals surface area contributed by atoms with E-state index in [1.54, 1.807) is 0 Å². The number of pyridine rings is 1. The molecule has 1 unspecified atom stereocenters. The molecule has 1 aromatic carbocycles. The Labute approximate surface area is 184 Å². The summed E-state index contributed by atoms with van der Waals surface area (Å²) >= 11 is 4.72. The van der Waals surface area contributed by atoms with Crippen molar-refractivity contribution in [2.45, 2.75) is 23.9 Å². The molecule has 0 N–H and O–H groups in total. The van der Waals surface area contributed by atoms with E-state index in [0.29, 0.717) is 27.3 Å². The number of hydrogen-bond donors (Lipinski definition) is 0. The second kappa shape index (κ2) is 9.21. The number of nitrogens with zero attached hydrogens (tertiary/aromatic N) is 4. The predicted molar refractivity (Wildman–Crippen MR) is 111 cm³/mol. The van der Waals surface area contributed by atoms with Gasteiger partial charge in [0.1, 0.15) is 12.6 Å². The first-order chi connectivity index (χ1) is 14.6. The van der Waals surface area contributed by atoms with E-state index < -0.39 is 22.9 Å². The molecule has 3 aromatic rings. The summed E-state index contributed by atoms with van der Waals surface area (Å²) < 4.78 is 51.1. The topological polar surface area (TPSA) is 83.7 Å². The van der Waals surface area contributed by atoms with Gasteiger partial charge in [0, 0.05) is 35.3 Å². The maximum absolute atomic E-state index is 12.7. The molecule has 0 aliphatic carbocycles. The zero-order chi connectivity index (χ0) is 22.8. The Morgan fingerprint density at radius 2 is 1.97 bits per heavy atom. The minimum absolute atomic E-state index is 0.0717. The number of halogens is 4. The van der Waals surface area contributed by atoms with Crippen LogP contribution in [0.4, 0.5) is 13.2 Å². The highest BCUT2D eigenvalue weighted by Crippen LogP contribution is 2.29. The Hall–Kier alpha value is -2.69. The highest BCUT2D eigenvalue weighted by Gasteiger charge is 2.30. The lowest BCUT2D eigenvalue weighted by Gasteiger charge is -2.10. The fraction of sp³-hybridized carbons (Fsp3) is 0.200. The molecule has 2 heterocycles. The molecule has 6 nitrogen and oxygen atoms in total. The summed E-state index contributed by atoms with van der Waals surface area (Å²) in [6.07, 6.45) is -0.782. The monoisotopic (exact) mass is 468 g/mol. The normalized spacial score (nSPS) is 12.6. The number of Topliss-reactive ketones (excluding diaryl/α,β-unsaturated/α-hetero) is 1. The first kappa shape index (κ1) is 23.0. The highest BCUT2D eigenvalue weighted by molar-refractivity contribution is 7.90.